The number of aryl methyl sites for hydroxylation is 1. The fourth-order valence-electron chi connectivity index (χ4n) is 2.10. The number of nitrogens with two attached hydrogens (primary N) is 1. The molecule has 0 bridgehead atoms. The van der Waals surface area contributed by atoms with Crippen molar-refractivity contribution in [3.05, 3.63) is 51.5 Å². The van der Waals surface area contributed by atoms with Gasteiger partial charge >= 0.3 is 0 Å². The summed E-state index contributed by atoms with van der Waals surface area (Å²) < 4.78 is 13.7. The summed E-state index contributed by atoms with van der Waals surface area (Å²) in [4.78, 5) is 3.40. The molecular weight excluding hydrogens is 259 g/mol. The minimum atomic E-state index is -0.194. The van der Waals surface area contributed by atoms with Crippen LogP contribution in [0.2, 0.25) is 0 Å². The molecule has 19 heavy (non-hydrogen) atoms. The maximum Gasteiger partial charge on any atom is 0.126 e. The second kappa shape index (κ2) is 5.72. The topological polar surface area (TPSA) is 29.3 Å². The lowest BCUT2D eigenvalue weighted by Crippen LogP contribution is -2.20. The van der Waals surface area contributed by atoms with Gasteiger partial charge in [0.2, 0.25) is 0 Å². The average Bonchev–Trinajstić information content (AvgIpc) is 2.84. The molecule has 4 heteroatoms. The van der Waals surface area contributed by atoms with Crippen LogP contribution in [0.5, 0.6) is 0 Å². The van der Waals surface area contributed by atoms with E-state index in [1.807, 2.05) is 26.1 Å². The summed E-state index contributed by atoms with van der Waals surface area (Å²) in [6.07, 6.45) is 0. The molecule has 1 heterocycles. The van der Waals surface area contributed by atoms with E-state index in [0.717, 1.165) is 17.8 Å². The summed E-state index contributed by atoms with van der Waals surface area (Å²) in [5, 5.41) is 2.06. The molecule has 0 amide bonds. The molecule has 0 fully saturated rings. The Kier molecular flexibility index (Phi) is 4.22. The van der Waals surface area contributed by atoms with Crippen LogP contribution in [0, 0.1) is 12.7 Å². The highest BCUT2D eigenvalue weighted by molar-refractivity contribution is 7.09. The first-order chi connectivity index (χ1) is 8.99. The summed E-state index contributed by atoms with van der Waals surface area (Å²) in [6.45, 7) is 4.47. The van der Waals surface area contributed by atoms with E-state index in [-0.39, 0.29) is 11.9 Å². The average molecular weight is 278 g/mol. The van der Waals surface area contributed by atoms with Crippen LogP contribution in [0.15, 0.2) is 29.6 Å². The minimum absolute atomic E-state index is 0.184. The van der Waals surface area contributed by atoms with E-state index < -0.39 is 0 Å². The zero-order chi connectivity index (χ0) is 14.0. The lowest BCUT2D eigenvalue weighted by atomic mass is 10.0. The Morgan fingerprint density at radius 1 is 1.42 bits per heavy atom. The third-order valence-electron chi connectivity index (χ3n) is 3.18. The number of hydrogen-bond acceptors (Lipinski definition) is 3. The highest BCUT2D eigenvalue weighted by atomic mass is 32.1. The van der Waals surface area contributed by atoms with E-state index in [9.17, 15) is 4.39 Å². The summed E-state index contributed by atoms with van der Waals surface area (Å²) in [6, 6.07) is 7.39. The quantitative estimate of drug-likeness (QED) is 0.920. The van der Waals surface area contributed by atoms with Crippen LogP contribution >= 0.6 is 11.3 Å². The Bertz CT molecular complexity index is 550. The van der Waals surface area contributed by atoms with Gasteiger partial charge in [0, 0.05) is 23.7 Å². The van der Waals surface area contributed by atoms with Gasteiger partial charge in [-0.15, -0.1) is 11.3 Å². The first-order valence-electron chi connectivity index (χ1n) is 6.28. The highest BCUT2D eigenvalue weighted by Gasteiger charge is 2.14. The van der Waals surface area contributed by atoms with Crippen molar-refractivity contribution < 1.29 is 4.39 Å². The third-order valence-corrected chi connectivity index (χ3v) is 4.04. The Morgan fingerprint density at radius 2 is 2.16 bits per heavy atom. The van der Waals surface area contributed by atoms with E-state index in [1.54, 1.807) is 24.3 Å². The monoisotopic (exact) mass is 278 g/mol. The summed E-state index contributed by atoms with van der Waals surface area (Å²) in [7, 11) is 2.01. The molecule has 0 aliphatic carbocycles. The van der Waals surface area contributed by atoms with Gasteiger partial charge in [-0.3, -0.25) is 0 Å². The van der Waals surface area contributed by atoms with Gasteiger partial charge in [0.25, 0.3) is 0 Å². The molecule has 0 radical (unpaired) electrons. The Balaban J connectivity index is 2.34. The number of anilines is 1. The summed E-state index contributed by atoms with van der Waals surface area (Å²) in [5.41, 5.74) is 8.46. The van der Waals surface area contributed by atoms with Gasteiger partial charge in [-0.25, -0.2) is 4.39 Å². The largest absolute Gasteiger partial charge is 0.369 e. The van der Waals surface area contributed by atoms with Gasteiger partial charge in [-0.2, -0.15) is 0 Å². The van der Waals surface area contributed by atoms with Gasteiger partial charge in [-0.05, 0) is 48.6 Å². The van der Waals surface area contributed by atoms with Gasteiger partial charge in [0.15, 0.2) is 0 Å². The molecule has 0 aliphatic heterocycles. The molecule has 1 aromatic heterocycles. The van der Waals surface area contributed by atoms with Crippen LogP contribution in [0.25, 0.3) is 0 Å². The van der Waals surface area contributed by atoms with Crippen molar-refractivity contribution in [2.45, 2.75) is 26.4 Å². The van der Waals surface area contributed by atoms with Crippen LogP contribution in [-0.4, -0.2) is 7.05 Å². The van der Waals surface area contributed by atoms with Crippen LogP contribution < -0.4 is 10.6 Å². The van der Waals surface area contributed by atoms with Crippen LogP contribution in [0.4, 0.5) is 10.1 Å². The van der Waals surface area contributed by atoms with Crippen molar-refractivity contribution in [1.82, 2.24) is 0 Å². The van der Waals surface area contributed by atoms with Gasteiger partial charge in [0.1, 0.15) is 5.82 Å². The van der Waals surface area contributed by atoms with Crippen LogP contribution in [-0.2, 0) is 6.54 Å². The molecule has 2 aromatic rings. The second-order valence-corrected chi connectivity index (χ2v) is 5.92. The van der Waals surface area contributed by atoms with Crippen molar-refractivity contribution >= 4 is 17.0 Å². The Labute approximate surface area is 117 Å². The molecule has 2 N–H and O–H groups in total. The SMILES string of the molecule is Cc1cc(N(C)Cc2cccs2)c(C(C)N)cc1F. The Morgan fingerprint density at radius 3 is 2.74 bits per heavy atom. The first-order valence-corrected chi connectivity index (χ1v) is 7.16. The first kappa shape index (κ1) is 14.0. The number of halogens is 1. The lowest BCUT2D eigenvalue weighted by molar-refractivity contribution is 0.612. The zero-order valence-corrected chi connectivity index (χ0v) is 12.3. The normalized spacial score (nSPS) is 12.5. The summed E-state index contributed by atoms with van der Waals surface area (Å²) in [5.74, 6) is -0.194. The number of hydrogen-bond donors (Lipinski definition) is 1. The smallest absolute Gasteiger partial charge is 0.126 e. The molecule has 1 aromatic carbocycles. The lowest BCUT2D eigenvalue weighted by Gasteiger charge is -2.24. The second-order valence-electron chi connectivity index (χ2n) is 4.88. The molecule has 2 nitrogen and oxygen atoms in total. The molecule has 0 saturated carbocycles. The van der Waals surface area contributed by atoms with Crippen molar-refractivity contribution in [3.8, 4) is 0 Å². The van der Waals surface area contributed by atoms with Crippen LogP contribution in [0.1, 0.15) is 29.0 Å². The molecule has 1 atom stereocenters. The number of nitrogens with zero attached hydrogens (tertiary/aromatic N) is 1. The zero-order valence-electron chi connectivity index (χ0n) is 11.5. The van der Waals surface area contributed by atoms with Crippen molar-refractivity contribution in [2.75, 3.05) is 11.9 Å². The maximum atomic E-state index is 13.7. The number of thiophene rings is 1. The number of benzene rings is 1. The van der Waals surface area contributed by atoms with E-state index in [4.69, 9.17) is 5.73 Å². The molecule has 0 saturated heterocycles. The maximum absolute atomic E-state index is 13.7. The van der Waals surface area contributed by atoms with Gasteiger partial charge < -0.3 is 10.6 Å². The fourth-order valence-corrected chi connectivity index (χ4v) is 2.86. The fraction of sp³-hybridized carbons (Fsp3) is 0.333. The van der Waals surface area contributed by atoms with E-state index in [1.165, 1.54) is 4.88 Å². The summed E-state index contributed by atoms with van der Waals surface area (Å²) >= 11 is 1.72. The predicted octanol–water partition coefficient (Wildman–Crippen LogP) is 3.85. The van der Waals surface area contributed by atoms with Gasteiger partial charge in [-0.1, -0.05) is 6.07 Å². The van der Waals surface area contributed by atoms with E-state index in [2.05, 4.69) is 16.3 Å². The van der Waals surface area contributed by atoms with Gasteiger partial charge in [0.05, 0.1) is 6.54 Å². The van der Waals surface area contributed by atoms with Crippen molar-refractivity contribution in [2.24, 2.45) is 5.73 Å². The molecule has 0 spiro atoms. The standard InChI is InChI=1S/C15H19FN2S/c1-10-7-15(13(11(2)17)8-14(10)16)18(3)9-12-5-4-6-19-12/h4-8,11H,9,17H2,1-3H3. The molecular formula is C15H19FN2S. The predicted molar refractivity (Wildman–Crippen MR) is 80.2 cm³/mol. The number of rotatable bonds is 4. The molecule has 1 unspecified atom stereocenters. The van der Waals surface area contributed by atoms with Crippen molar-refractivity contribution in [3.63, 3.8) is 0 Å². The Hall–Kier alpha value is -1.39. The minimum Gasteiger partial charge on any atom is -0.369 e. The van der Waals surface area contributed by atoms with Crippen molar-refractivity contribution in [1.29, 1.82) is 0 Å². The molecule has 0 aliphatic rings. The third kappa shape index (κ3) is 3.14. The van der Waals surface area contributed by atoms with Crippen LogP contribution in [0.3, 0.4) is 0 Å². The van der Waals surface area contributed by atoms with E-state index in [0.29, 0.717) is 5.56 Å². The molecule has 2 rings (SSSR count). The highest BCUT2D eigenvalue weighted by Crippen LogP contribution is 2.29. The molecule has 102 valence electrons. The van der Waals surface area contributed by atoms with E-state index >= 15 is 0 Å².